The fourth-order valence-electron chi connectivity index (χ4n) is 5.14. The maximum absolute atomic E-state index is 12.8. The zero-order valence-corrected chi connectivity index (χ0v) is 19.8. The van der Waals surface area contributed by atoms with Crippen molar-refractivity contribution in [3.05, 3.63) is 35.4 Å². The molecule has 3 heterocycles. The molecule has 3 saturated heterocycles. The number of rotatable bonds is 4. The van der Waals surface area contributed by atoms with Gasteiger partial charge in [-0.25, -0.2) is 0 Å². The van der Waals surface area contributed by atoms with Crippen LogP contribution in [0.4, 0.5) is 0 Å². The lowest BCUT2D eigenvalue weighted by Gasteiger charge is -2.42. The van der Waals surface area contributed by atoms with Crippen molar-refractivity contribution in [2.75, 3.05) is 39.3 Å². The van der Waals surface area contributed by atoms with Crippen molar-refractivity contribution in [1.82, 2.24) is 14.7 Å². The van der Waals surface area contributed by atoms with E-state index in [-0.39, 0.29) is 36.6 Å². The summed E-state index contributed by atoms with van der Waals surface area (Å²) in [6.45, 7) is 5.96. The van der Waals surface area contributed by atoms with E-state index in [1.807, 2.05) is 29.2 Å². The lowest BCUT2D eigenvalue weighted by molar-refractivity contribution is -0.136. The highest BCUT2D eigenvalue weighted by molar-refractivity contribution is 5.94. The van der Waals surface area contributed by atoms with Crippen LogP contribution in [0.1, 0.15) is 54.4 Å². The molecule has 0 aromatic heterocycles. The van der Waals surface area contributed by atoms with Gasteiger partial charge in [-0.05, 0) is 62.8 Å². The average Bonchev–Trinajstić information content (AvgIpc) is 3.33. The molecule has 1 atom stereocenters. The number of benzene rings is 1. The van der Waals surface area contributed by atoms with Crippen LogP contribution in [-0.4, -0.2) is 71.8 Å². The number of hydrogen-bond acceptors (Lipinski definition) is 4. The van der Waals surface area contributed by atoms with Crippen LogP contribution in [0.15, 0.2) is 24.3 Å². The molecule has 8 heteroatoms. The van der Waals surface area contributed by atoms with Gasteiger partial charge in [0.2, 0.25) is 5.91 Å². The van der Waals surface area contributed by atoms with E-state index in [9.17, 15) is 9.59 Å². The van der Waals surface area contributed by atoms with Crippen LogP contribution in [0.5, 0.6) is 0 Å². The van der Waals surface area contributed by atoms with E-state index in [1.165, 1.54) is 0 Å². The highest BCUT2D eigenvalue weighted by Crippen LogP contribution is 2.26. The largest absolute Gasteiger partial charge is 0.342 e. The van der Waals surface area contributed by atoms with Crippen molar-refractivity contribution in [2.24, 2.45) is 11.7 Å². The summed E-state index contributed by atoms with van der Waals surface area (Å²) in [5, 5.41) is 0. The van der Waals surface area contributed by atoms with Gasteiger partial charge in [0.25, 0.3) is 5.91 Å². The summed E-state index contributed by atoms with van der Waals surface area (Å²) in [5.74, 6) is 0.663. The average molecular weight is 471 g/mol. The first-order valence-corrected chi connectivity index (χ1v) is 11.3. The van der Waals surface area contributed by atoms with E-state index in [2.05, 4.69) is 9.80 Å². The van der Waals surface area contributed by atoms with E-state index in [1.54, 1.807) is 0 Å². The number of hydrogen-bond donors (Lipinski definition) is 1. The van der Waals surface area contributed by atoms with Crippen LogP contribution in [-0.2, 0) is 11.3 Å². The molecule has 2 amide bonds. The summed E-state index contributed by atoms with van der Waals surface area (Å²) in [4.78, 5) is 32.2. The highest BCUT2D eigenvalue weighted by Gasteiger charge is 2.34. The Morgan fingerprint density at radius 2 is 1.48 bits per heavy atom. The molecule has 0 radical (unpaired) electrons. The molecule has 1 unspecified atom stereocenters. The van der Waals surface area contributed by atoms with Crippen LogP contribution < -0.4 is 5.73 Å². The zero-order valence-electron chi connectivity index (χ0n) is 18.2. The number of nitrogens with two attached hydrogens (primary N) is 1. The Balaban J connectivity index is 0.00000171. The van der Waals surface area contributed by atoms with Gasteiger partial charge in [0.15, 0.2) is 0 Å². The van der Waals surface area contributed by atoms with Crippen molar-refractivity contribution in [3.8, 4) is 0 Å². The van der Waals surface area contributed by atoms with Crippen LogP contribution in [0.2, 0.25) is 0 Å². The van der Waals surface area contributed by atoms with E-state index >= 15 is 0 Å². The lowest BCUT2D eigenvalue weighted by atomic mass is 9.92. The summed E-state index contributed by atoms with van der Waals surface area (Å²) in [7, 11) is 0. The van der Waals surface area contributed by atoms with E-state index in [0.717, 1.165) is 88.9 Å². The van der Waals surface area contributed by atoms with Crippen molar-refractivity contribution in [3.63, 3.8) is 0 Å². The first-order valence-electron chi connectivity index (χ1n) is 11.3. The second-order valence-electron chi connectivity index (χ2n) is 8.79. The molecule has 3 fully saturated rings. The predicted molar refractivity (Wildman–Crippen MR) is 128 cm³/mol. The molecule has 3 aliphatic rings. The van der Waals surface area contributed by atoms with Gasteiger partial charge >= 0.3 is 0 Å². The van der Waals surface area contributed by atoms with Gasteiger partial charge in [-0.1, -0.05) is 12.1 Å². The molecule has 3 aliphatic heterocycles. The predicted octanol–water partition coefficient (Wildman–Crippen LogP) is 2.93. The van der Waals surface area contributed by atoms with Crippen molar-refractivity contribution in [1.29, 1.82) is 0 Å². The van der Waals surface area contributed by atoms with Gasteiger partial charge in [0.1, 0.15) is 0 Å². The molecule has 0 aliphatic carbocycles. The second kappa shape index (κ2) is 12.0. The Morgan fingerprint density at radius 1 is 0.839 bits per heavy atom. The fraction of sp³-hybridized carbons (Fsp3) is 0.652. The molecule has 0 spiro atoms. The van der Waals surface area contributed by atoms with Crippen LogP contribution in [0.3, 0.4) is 0 Å². The zero-order chi connectivity index (χ0) is 20.2. The minimum Gasteiger partial charge on any atom is -0.342 e. The third-order valence-electron chi connectivity index (χ3n) is 6.92. The fourth-order valence-corrected chi connectivity index (χ4v) is 5.14. The topological polar surface area (TPSA) is 69.9 Å². The van der Waals surface area contributed by atoms with Crippen molar-refractivity contribution in [2.45, 2.75) is 51.1 Å². The summed E-state index contributed by atoms with van der Waals surface area (Å²) < 4.78 is 0. The van der Waals surface area contributed by atoms with Crippen LogP contribution in [0, 0.1) is 5.92 Å². The molecule has 4 rings (SSSR count). The van der Waals surface area contributed by atoms with Gasteiger partial charge in [-0.2, -0.15) is 0 Å². The summed E-state index contributed by atoms with van der Waals surface area (Å²) in [6, 6.07) is 8.13. The summed E-state index contributed by atoms with van der Waals surface area (Å²) in [6.07, 6.45) is 6.45. The maximum Gasteiger partial charge on any atom is 0.253 e. The molecule has 2 N–H and O–H groups in total. The quantitative estimate of drug-likeness (QED) is 0.733. The molecule has 0 bridgehead atoms. The Bertz CT molecular complexity index is 717. The smallest absolute Gasteiger partial charge is 0.253 e. The first kappa shape index (κ1) is 25.9. The van der Waals surface area contributed by atoms with Gasteiger partial charge < -0.3 is 15.5 Å². The second-order valence-corrected chi connectivity index (χ2v) is 8.79. The van der Waals surface area contributed by atoms with E-state index in [4.69, 9.17) is 5.73 Å². The summed E-state index contributed by atoms with van der Waals surface area (Å²) >= 11 is 0. The van der Waals surface area contributed by atoms with Crippen LogP contribution >= 0.6 is 24.8 Å². The third-order valence-corrected chi connectivity index (χ3v) is 6.92. The standard InChI is InChI=1S/C23H34N4O2.2ClH/c24-16-18-5-7-19(8-6-18)22(28)26-14-9-21(10-15-26)27-13-3-4-20(17-27)23(29)25-11-1-2-12-25;;/h5-8,20-21H,1-4,9-17,24H2;2*1H. The number of piperidine rings is 2. The monoisotopic (exact) mass is 470 g/mol. The Kier molecular flexibility index (Phi) is 10.1. The van der Waals surface area contributed by atoms with E-state index < -0.39 is 0 Å². The molecule has 174 valence electrons. The Labute approximate surface area is 198 Å². The number of halogens is 2. The molecule has 0 saturated carbocycles. The number of amides is 2. The maximum atomic E-state index is 12.8. The molecule has 1 aromatic rings. The molecular formula is C23H36Cl2N4O2. The summed E-state index contributed by atoms with van der Waals surface area (Å²) in [5.41, 5.74) is 7.44. The lowest BCUT2D eigenvalue weighted by Crippen LogP contribution is -2.51. The number of likely N-dealkylation sites (tertiary alicyclic amines) is 3. The van der Waals surface area contributed by atoms with Crippen molar-refractivity contribution >= 4 is 36.6 Å². The van der Waals surface area contributed by atoms with Gasteiger partial charge in [0.05, 0.1) is 5.92 Å². The minimum atomic E-state index is 0. The minimum absolute atomic E-state index is 0. The van der Waals surface area contributed by atoms with Gasteiger partial charge in [0, 0.05) is 50.9 Å². The highest BCUT2D eigenvalue weighted by atomic mass is 35.5. The van der Waals surface area contributed by atoms with Gasteiger partial charge in [-0.15, -0.1) is 24.8 Å². The number of nitrogens with zero attached hydrogens (tertiary/aromatic N) is 3. The number of carbonyl (C=O) groups is 2. The molecule has 1 aromatic carbocycles. The molecular weight excluding hydrogens is 435 g/mol. The first-order chi connectivity index (χ1) is 14.2. The third kappa shape index (κ3) is 6.13. The molecule has 6 nitrogen and oxygen atoms in total. The van der Waals surface area contributed by atoms with Gasteiger partial charge in [-0.3, -0.25) is 14.5 Å². The Hall–Kier alpha value is -1.34. The Morgan fingerprint density at radius 3 is 2.10 bits per heavy atom. The van der Waals surface area contributed by atoms with E-state index in [0.29, 0.717) is 18.5 Å². The number of carbonyl (C=O) groups excluding carboxylic acids is 2. The SMILES string of the molecule is Cl.Cl.NCc1ccc(C(=O)N2CCC(N3CCCC(C(=O)N4CCCC4)C3)CC2)cc1. The van der Waals surface area contributed by atoms with Crippen molar-refractivity contribution < 1.29 is 9.59 Å². The molecule has 31 heavy (non-hydrogen) atoms. The van der Waals surface area contributed by atoms with Crippen LogP contribution in [0.25, 0.3) is 0 Å². The normalized spacial score (nSPS) is 22.5.